The molecule has 9 nitrogen and oxygen atoms in total. The van der Waals surface area contributed by atoms with E-state index in [9.17, 15) is 19.2 Å². The molecular weight excluding hydrogens is 312 g/mol. The molecule has 1 aliphatic heterocycles. The molecule has 2 aliphatic rings. The number of hydrogen-bond acceptors (Lipinski definition) is 9. The molecule has 0 amide bonds. The number of ether oxygens (including phenoxy) is 5. The molecule has 0 radical (unpaired) electrons. The second-order valence-corrected chi connectivity index (χ2v) is 4.52. The second-order valence-electron chi connectivity index (χ2n) is 4.52. The van der Waals surface area contributed by atoms with Gasteiger partial charge in [0.05, 0.1) is 50.7 Å². The number of epoxide rings is 1. The number of hydrogen-bond donors (Lipinski definition) is 0. The van der Waals surface area contributed by atoms with Crippen LogP contribution in [0, 0.1) is 0 Å². The predicted molar refractivity (Wildman–Crippen MR) is 70.8 cm³/mol. The lowest BCUT2D eigenvalue weighted by Crippen LogP contribution is -2.31. The lowest BCUT2D eigenvalue weighted by Gasteiger charge is -2.18. The number of fused-ring (bicyclic) bond motifs is 1. The van der Waals surface area contributed by atoms with Crippen molar-refractivity contribution in [1.29, 1.82) is 0 Å². The Balaban J connectivity index is 2.77. The summed E-state index contributed by atoms with van der Waals surface area (Å²) < 4.78 is 23.7. The fourth-order valence-corrected chi connectivity index (χ4v) is 2.39. The monoisotopic (exact) mass is 326 g/mol. The Morgan fingerprint density at radius 2 is 0.957 bits per heavy atom. The van der Waals surface area contributed by atoms with Gasteiger partial charge in [-0.2, -0.15) is 0 Å². The third-order valence-corrected chi connectivity index (χ3v) is 3.44. The van der Waals surface area contributed by atoms with Gasteiger partial charge in [0.1, 0.15) is 12.2 Å². The maximum absolute atomic E-state index is 12.1. The highest BCUT2D eigenvalue weighted by molar-refractivity contribution is 6.17. The Labute approximate surface area is 130 Å². The molecule has 2 rings (SSSR count). The highest BCUT2D eigenvalue weighted by atomic mass is 16.6. The summed E-state index contributed by atoms with van der Waals surface area (Å²) >= 11 is 0. The van der Waals surface area contributed by atoms with E-state index in [1.807, 2.05) is 0 Å². The average Bonchev–Trinajstić information content (AvgIpc) is 3.36. The van der Waals surface area contributed by atoms with Gasteiger partial charge in [-0.1, -0.05) is 0 Å². The Bertz CT molecular complexity index is 599. The molecule has 0 saturated carbocycles. The third-order valence-electron chi connectivity index (χ3n) is 3.44. The summed E-state index contributed by atoms with van der Waals surface area (Å²) in [5.41, 5.74) is -1.24. The molecular formula is C14H14O9. The van der Waals surface area contributed by atoms with Crippen molar-refractivity contribution < 1.29 is 42.9 Å². The van der Waals surface area contributed by atoms with Crippen LogP contribution in [-0.2, 0) is 42.9 Å². The van der Waals surface area contributed by atoms with Gasteiger partial charge in [-0.15, -0.1) is 0 Å². The van der Waals surface area contributed by atoms with Crippen LogP contribution in [0.25, 0.3) is 0 Å². The van der Waals surface area contributed by atoms with Gasteiger partial charge in [-0.3, -0.25) is 0 Å². The maximum atomic E-state index is 12.1. The van der Waals surface area contributed by atoms with Crippen molar-refractivity contribution in [2.75, 3.05) is 28.4 Å². The minimum Gasteiger partial charge on any atom is -0.466 e. The van der Waals surface area contributed by atoms with Gasteiger partial charge in [-0.25, -0.2) is 19.2 Å². The number of methoxy groups -OCH3 is 4. The smallest absolute Gasteiger partial charge is 0.339 e. The zero-order valence-corrected chi connectivity index (χ0v) is 12.8. The van der Waals surface area contributed by atoms with Gasteiger partial charge in [0, 0.05) is 0 Å². The number of carbonyl (C=O) groups excluding carboxylic acids is 4. The van der Waals surface area contributed by atoms with Gasteiger partial charge in [0.2, 0.25) is 0 Å². The molecule has 23 heavy (non-hydrogen) atoms. The molecule has 1 saturated heterocycles. The van der Waals surface area contributed by atoms with Gasteiger partial charge < -0.3 is 23.7 Å². The lowest BCUT2D eigenvalue weighted by molar-refractivity contribution is -0.141. The first-order valence-corrected chi connectivity index (χ1v) is 6.40. The molecule has 124 valence electrons. The average molecular weight is 326 g/mol. The van der Waals surface area contributed by atoms with Crippen LogP contribution in [-0.4, -0.2) is 64.5 Å². The fourth-order valence-electron chi connectivity index (χ4n) is 2.39. The number of carbonyl (C=O) groups is 4. The van der Waals surface area contributed by atoms with Crippen molar-refractivity contribution in [2.24, 2.45) is 0 Å². The normalized spacial score (nSPS) is 22.1. The third kappa shape index (κ3) is 2.59. The van der Waals surface area contributed by atoms with E-state index in [1.54, 1.807) is 0 Å². The molecule has 1 aliphatic carbocycles. The highest BCUT2D eigenvalue weighted by Crippen LogP contribution is 2.45. The summed E-state index contributed by atoms with van der Waals surface area (Å²) in [6, 6.07) is 0. The summed E-state index contributed by atoms with van der Waals surface area (Å²) in [5, 5.41) is 0. The van der Waals surface area contributed by atoms with Crippen molar-refractivity contribution in [2.45, 2.75) is 12.2 Å². The van der Waals surface area contributed by atoms with E-state index in [0.29, 0.717) is 0 Å². The molecule has 0 aromatic carbocycles. The number of rotatable bonds is 4. The molecule has 0 N–H and O–H groups in total. The molecule has 1 fully saturated rings. The molecule has 0 aromatic rings. The van der Waals surface area contributed by atoms with E-state index in [0.717, 1.165) is 28.4 Å². The van der Waals surface area contributed by atoms with E-state index in [-0.39, 0.29) is 11.1 Å². The van der Waals surface area contributed by atoms with Crippen LogP contribution in [0.15, 0.2) is 22.3 Å². The lowest BCUT2D eigenvalue weighted by atomic mass is 9.85. The Morgan fingerprint density at radius 3 is 1.22 bits per heavy atom. The molecule has 0 aromatic heterocycles. The molecule has 0 bridgehead atoms. The predicted octanol–water partition coefficient (Wildman–Crippen LogP) is -0.947. The molecule has 1 heterocycles. The molecule has 2 atom stereocenters. The summed E-state index contributed by atoms with van der Waals surface area (Å²) in [6.45, 7) is 0. The Kier molecular flexibility index (Phi) is 4.50. The topological polar surface area (TPSA) is 118 Å². The first-order valence-electron chi connectivity index (χ1n) is 6.40. The van der Waals surface area contributed by atoms with Gasteiger partial charge >= 0.3 is 23.9 Å². The van der Waals surface area contributed by atoms with E-state index in [2.05, 4.69) is 18.9 Å². The van der Waals surface area contributed by atoms with Crippen molar-refractivity contribution >= 4 is 23.9 Å². The van der Waals surface area contributed by atoms with Crippen molar-refractivity contribution in [1.82, 2.24) is 0 Å². The molecule has 9 heteroatoms. The quantitative estimate of drug-likeness (QED) is 0.366. The van der Waals surface area contributed by atoms with Crippen LogP contribution in [0.5, 0.6) is 0 Å². The van der Waals surface area contributed by atoms with Crippen molar-refractivity contribution in [3.05, 3.63) is 22.3 Å². The van der Waals surface area contributed by atoms with Crippen LogP contribution in [0.3, 0.4) is 0 Å². The minimum absolute atomic E-state index is 0.197. The van der Waals surface area contributed by atoms with Gasteiger partial charge in [0.15, 0.2) is 0 Å². The Morgan fingerprint density at radius 1 is 0.652 bits per heavy atom. The van der Waals surface area contributed by atoms with E-state index in [1.165, 1.54) is 0 Å². The van der Waals surface area contributed by atoms with Crippen molar-refractivity contribution in [3.63, 3.8) is 0 Å². The minimum atomic E-state index is -0.999. The highest BCUT2D eigenvalue weighted by Gasteiger charge is 2.58. The van der Waals surface area contributed by atoms with E-state index < -0.39 is 47.2 Å². The van der Waals surface area contributed by atoms with Crippen LogP contribution >= 0.6 is 0 Å². The Hall–Kier alpha value is -2.68. The summed E-state index contributed by atoms with van der Waals surface area (Å²) in [4.78, 5) is 48.2. The zero-order valence-electron chi connectivity index (χ0n) is 12.8. The molecule has 2 unspecified atom stereocenters. The van der Waals surface area contributed by atoms with Gasteiger partial charge in [0.25, 0.3) is 0 Å². The summed E-state index contributed by atoms with van der Waals surface area (Å²) in [5.74, 6) is -3.74. The summed E-state index contributed by atoms with van der Waals surface area (Å²) in [6.07, 6.45) is -1.78. The maximum Gasteiger partial charge on any atom is 0.339 e. The summed E-state index contributed by atoms with van der Waals surface area (Å²) in [7, 11) is 4.35. The van der Waals surface area contributed by atoms with Crippen LogP contribution in [0.2, 0.25) is 0 Å². The van der Waals surface area contributed by atoms with Crippen molar-refractivity contribution in [3.8, 4) is 0 Å². The SMILES string of the molecule is COC(=O)C1=C(C(=O)OC)C2OC2C(C(=O)OC)=C1C(=O)OC. The van der Waals surface area contributed by atoms with Gasteiger partial charge in [-0.05, 0) is 0 Å². The zero-order chi connectivity index (χ0) is 17.3. The van der Waals surface area contributed by atoms with Crippen LogP contribution < -0.4 is 0 Å². The van der Waals surface area contributed by atoms with Crippen LogP contribution in [0.1, 0.15) is 0 Å². The van der Waals surface area contributed by atoms with E-state index in [4.69, 9.17) is 4.74 Å². The van der Waals surface area contributed by atoms with Crippen LogP contribution in [0.4, 0.5) is 0 Å². The van der Waals surface area contributed by atoms with E-state index >= 15 is 0 Å². The number of esters is 4. The first kappa shape index (κ1) is 16.7. The standard InChI is InChI=1S/C14H14O9/c1-19-11(15)5-6(12(16)20-2)8(14(18)22-4)10-9(23-10)7(5)13(17)21-3/h9-10H,1-4H3. The fraction of sp³-hybridized carbons (Fsp3) is 0.429. The second kappa shape index (κ2) is 6.21. The largest absolute Gasteiger partial charge is 0.466 e. The first-order chi connectivity index (χ1) is 10.9. The molecule has 0 spiro atoms.